The minimum atomic E-state index is -0.425. The molecule has 1 saturated heterocycles. The average Bonchev–Trinajstić information content (AvgIpc) is 3.03. The number of para-hydroxylation sites is 1. The molecule has 1 aliphatic rings. The predicted octanol–water partition coefficient (Wildman–Crippen LogP) is 1.66. The van der Waals surface area contributed by atoms with E-state index in [1.807, 2.05) is 30.3 Å². The summed E-state index contributed by atoms with van der Waals surface area (Å²) in [6.07, 6.45) is 0.968. The number of likely N-dealkylation sites (N-methyl/N-ethyl adjacent to an activating group) is 1. The Kier molecular flexibility index (Phi) is 7.88. The average molecular weight is 347 g/mol. The fourth-order valence-electron chi connectivity index (χ4n) is 3.04. The predicted molar refractivity (Wildman–Crippen MR) is 98.6 cm³/mol. The van der Waals surface area contributed by atoms with Gasteiger partial charge in [0.1, 0.15) is 6.04 Å². The fourth-order valence-corrected chi connectivity index (χ4v) is 3.04. The molecule has 0 saturated carbocycles. The number of nitrogens with zero attached hydrogens (tertiary/aromatic N) is 2. The standard InChI is InChI=1S/C19H29N3O3/c1-3-21(4-2)13-15-25-14-12-20-19(24)17-10-11-18(23)22(17)16-8-6-5-7-9-16/h5-9,17H,3-4,10-15H2,1-2H3,(H,20,24). The van der Waals surface area contributed by atoms with Gasteiger partial charge in [0.2, 0.25) is 11.8 Å². The van der Waals surface area contributed by atoms with E-state index in [2.05, 4.69) is 24.1 Å². The molecule has 0 aliphatic carbocycles. The summed E-state index contributed by atoms with van der Waals surface area (Å²) < 4.78 is 5.58. The largest absolute Gasteiger partial charge is 0.378 e. The van der Waals surface area contributed by atoms with Crippen LogP contribution in [0, 0.1) is 0 Å². The Bertz CT molecular complexity index is 546. The van der Waals surface area contributed by atoms with Gasteiger partial charge in [-0.1, -0.05) is 32.0 Å². The molecule has 1 N–H and O–H groups in total. The highest BCUT2D eigenvalue weighted by molar-refractivity contribution is 6.03. The van der Waals surface area contributed by atoms with Gasteiger partial charge in [-0.2, -0.15) is 0 Å². The van der Waals surface area contributed by atoms with Gasteiger partial charge in [0.25, 0.3) is 0 Å². The maximum absolute atomic E-state index is 12.4. The first kappa shape index (κ1) is 19.4. The maximum atomic E-state index is 12.4. The first-order chi connectivity index (χ1) is 12.2. The second-order valence-corrected chi connectivity index (χ2v) is 6.08. The SMILES string of the molecule is CCN(CC)CCOCCNC(=O)C1CCC(=O)N1c1ccccc1. The minimum Gasteiger partial charge on any atom is -0.378 e. The summed E-state index contributed by atoms with van der Waals surface area (Å²) in [6.45, 7) is 8.80. The van der Waals surface area contributed by atoms with Crippen LogP contribution in [0.2, 0.25) is 0 Å². The highest BCUT2D eigenvalue weighted by atomic mass is 16.5. The van der Waals surface area contributed by atoms with Crippen molar-refractivity contribution in [3.63, 3.8) is 0 Å². The van der Waals surface area contributed by atoms with E-state index in [1.165, 1.54) is 0 Å². The van der Waals surface area contributed by atoms with Crippen LogP contribution in [0.1, 0.15) is 26.7 Å². The van der Waals surface area contributed by atoms with E-state index in [1.54, 1.807) is 4.90 Å². The summed E-state index contributed by atoms with van der Waals surface area (Å²) in [5, 5.41) is 2.89. The minimum absolute atomic E-state index is 0.00169. The third-order valence-corrected chi connectivity index (χ3v) is 4.54. The van der Waals surface area contributed by atoms with Crippen LogP contribution in [0.4, 0.5) is 5.69 Å². The second-order valence-electron chi connectivity index (χ2n) is 6.08. The molecule has 1 atom stereocenters. The number of nitrogens with one attached hydrogen (secondary N) is 1. The highest BCUT2D eigenvalue weighted by Crippen LogP contribution is 2.26. The summed E-state index contributed by atoms with van der Waals surface area (Å²) in [7, 11) is 0. The third-order valence-electron chi connectivity index (χ3n) is 4.54. The van der Waals surface area contributed by atoms with Crippen molar-refractivity contribution in [2.24, 2.45) is 0 Å². The molecule has 1 heterocycles. The van der Waals surface area contributed by atoms with Crippen LogP contribution in [0.25, 0.3) is 0 Å². The van der Waals surface area contributed by atoms with E-state index >= 15 is 0 Å². The van der Waals surface area contributed by atoms with Crippen LogP contribution in [0.5, 0.6) is 0 Å². The summed E-state index contributed by atoms with van der Waals surface area (Å²) in [4.78, 5) is 28.5. The molecular formula is C19H29N3O3. The molecule has 2 amide bonds. The monoisotopic (exact) mass is 347 g/mol. The molecule has 0 bridgehead atoms. The van der Waals surface area contributed by atoms with Crippen molar-refractivity contribution in [2.45, 2.75) is 32.7 Å². The molecule has 1 unspecified atom stereocenters. The Morgan fingerprint density at radius 3 is 2.64 bits per heavy atom. The van der Waals surface area contributed by atoms with Crippen LogP contribution >= 0.6 is 0 Å². The molecule has 0 aromatic heterocycles. The number of amides is 2. The number of hydrogen-bond donors (Lipinski definition) is 1. The van der Waals surface area contributed by atoms with Crippen molar-refractivity contribution in [2.75, 3.05) is 44.3 Å². The summed E-state index contributed by atoms with van der Waals surface area (Å²) in [5.41, 5.74) is 0.778. The molecule has 138 valence electrons. The number of ether oxygens (including phenoxy) is 1. The van der Waals surface area contributed by atoms with Crippen LogP contribution in [0.3, 0.4) is 0 Å². The zero-order chi connectivity index (χ0) is 18.1. The van der Waals surface area contributed by atoms with Gasteiger partial charge >= 0.3 is 0 Å². The smallest absolute Gasteiger partial charge is 0.243 e. The molecule has 2 rings (SSSR count). The summed E-state index contributed by atoms with van der Waals surface area (Å²) >= 11 is 0. The van der Waals surface area contributed by atoms with Gasteiger partial charge in [0.15, 0.2) is 0 Å². The van der Waals surface area contributed by atoms with Gasteiger partial charge in [-0.15, -0.1) is 0 Å². The first-order valence-electron chi connectivity index (χ1n) is 9.12. The van der Waals surface area contributed by atoms with Crippen molar-refractivity contribution in [1.29, 1.82) is 0 Å². The number of rotatable bonds is 10. The third kappa shape index (κ3) is 5.54. The highest BCUT2D eigenvalue weighted by Gasteiger charge is 2.36. The Hall–Kier alpha value is -1.92. The van der Waals surface area contributed by atoms with Gasteiger partial charge in [-0.05, 0) is 31.6 Å². The number of anilines is 1. The normalized spacial score (nSPS) is 17.3. The molecule has 6 nitrogen and oxygen atoms in total. The lowest BCUT2D eigenvalue weighted by molar-refractivity contribution is -0.124. The van der Waals surface area contributed by atoms with E-state index in [9.17, 15) is 9.59 Å². The van der Waals surface area contributed by atoms with Gasteiger partial charge in [0, 0.05) is 25.2 Å². The van der Waals surface area contributed by atoms with Crippen molar-refractivity contribution in [3.05, 3.63) is 30.3 Å². The Morgan fingerprint density at radius 2 is 1.96 bits per heavy atom. The maximum Gasteiger partial charge on any atom is 0.243 e. The lowest BCUT2D eigenvalue weighted by atomic mass is 10.2. The Morgan fingerprint density at radius 1 is 1.24 bits per heavy atom. The molecule has 0 radical (unpaired) electrons. The zero-order valence-corrected chi connectivity index (χ0v) is 15.2. The number of carbonyl (C=O) groups is 2. The van der Waals surface area contributed by atoms with Gasteiger partial charge in [-0.25, -0.2) is 0 Å². The van der Waals surface area contributed by atoms with Crippen LogP contribution in [0.15, 0.2) is 30.3 Å². The van der Waals surface area contributed by atoms with Crippen molar-refractivity contribution in [3.8, 4) is 0 Å². The fraction of sp³-hybridized carbons (Fsp3) is 0.579. The van der Waals surface area contributed by atoms with E-state index in [0.717, 1.165) is 25.3 Å². The Balaban J connectivity index is 1.74. The summed E-state index contributed by atoms with van der Waals surface area (Å²) in [5.74, 6) is -0.108. The molecular weight excluding hydrogens is 318 g/mol. The van der Waals surface area contributed by atoms with E-state index in [4.69, 9.17) is 4.74 Å². The molecule has 1 aromatic rings. The van der Waals surface area contributed by atoms with Gasteiger partial charge in [0.05, 0.1) is 13.2 Å². The number of carbonyl (C=O) groups excluding carboxylic acids is 2. The molecule has 0 spiro atoms. The van der Waals surface area contributed by atoms with Crippen molar-refractivity contribution >= 4 is 17.5 Å². The topological polar surface area (TPSA) is 61.9 Å². The second kappa shape index (κ2) is 10.2. The van der Waals surface area contributed by atoms with E-state index in [-0.39, 0.29) is 11.8 Å². The van der Waals surface area contributed by atoms with E-state index < -0.39 is 6.04 Å². The molecule has 6 heteroatoms. The lowest BCUT2D eigenvalue weighted by Gasteiger charge is -2.24. The number of hydrogen-bond acceptors (Lipinski definition) is 4. The van der Waals surface area contributed by atoms with Crippen molar-refractivity contribution < 1.29 is 14.3 Å². The zero-order valence-electron chi connectivity index (χ0n) is 15.2. The van der Waals surface area contributed by atoms with E-state index in [0.29, 0.717) is 32.6 Å². The molecule has 1 fully saturated rings. The van der Waals surface area contributed by atoms with Crippen molar-refractivity contribution in [1.82, 2.24) is 10.2 Å². The quantitative estimate of drug-likeness (QED) is 0.654. The molecule has 1 aliphatic heterocycles. The van der Waals surface area contributed by atoms with Gasteiger partial charge < -0.3 is 15.0 Å². The van der Waals surface area contributed by atoms with Crippen LogP contribution < -0.4 is 10.2 Å². The first-order valence-corrected chi connectivity index (χ1v) is 9.12. The number of benzene rings is 1. The Labute approximate surface area is 150 Å². The van der Waals surface area contributed by atoms with Crippen LogP contribution in [-0.2, 0) is 14.3 Å². The molecule has 1 aromatic carbocycles. The van der Waals surface area contributed by atoms with Crippen LogP contribution in [-0.4, -0.2) is 62.1 Å². The lowest BCUT2D eigenvalue weighted by Crippen LogP contribution is -2.45. The molecule has 25 heavy (non-hydrogen) atoms. The summed E-state index contributed by atoms with van der Waals surface area (Å²) in [6, 6.07) is 8.94. The van der Waals surface area contributed by atoms with Gasteiger partial charge in [-0.3, -0.25) is 14.5 Å².